The predicted molar refractivity (Wildman–Crippen MR) is 115 cm³/mol. The Bertz CT molecular complexity index is 869. The lowest BCUT2D eigenvalue weighted by molar-refractivity contribution is -0.138. The van der Waals surface area contributed by atoms with Crippen LogP contribution in [0.3, 0.4) is 0 Å². The van der Waals surface area contributed by atoms with E-state index in [-0.39, 0.29) is 17.7 Å². The minimum Gasteiger partial charge on any atom is -0.361 e. The molecule has 2 aromatic rings. The lowest BCUT2D eigenvalue weighted by atomic mass is 10.00. The van der Waals surface area contributed by atoms with Gasteiger partial charge in [0.15, 0.2) is 0 Å². The number of hydrogen-bond donors (Lipinski definition) is 1. The van der Waals surface area contributed by atoms with Crippen LogP contribution in [0.4, 0.5) is 0 Å². The molecule has 2 aliphatic rings. The van der Waals surface area contributed by atoms with Crippen LogP contribution in [0.1, 0.15) is 31.7 Å². The molecule has 1 aromatic carbocycles. The zero-order chi connectivity index (χ0) is 20.4. The number of nitrogens with one attached hydrogen (secondary N) is 1. The van der Waals surface area contributed by atoms with Gasteiger partial charge >= 0.3 is 0 Å². The molecule has 0 radical (unpaired) electrons. The first-order valence-corrected chi connectivity index (χ1v) is 10.9. The van der Waals surface area contributed by atoms with Crippen LogP contribution in [-0.2, 0) is 16.0 Å². The van der Waals surface area contributed by atoms with E-state index in [2.05, 4.69) is 36.0 Å². The van der Waals surface area contributed by atoms with Crippen LogP contribution in [0.15, 0.2) is 30.5 Å². The van der Waals surface area contributed by atoms with E-state index in [4.69, 9.17) is 0 Å². The van der Waals surface area contributed by atoms with E-state index in [1.54, 1.807) is 0 Å². The number of piperidine rings is 1. The maximum atomic E-state index is 13.2. The summed E-state index contributed by atoms with van der Waals surface area (Å²) in [7, 11) is 2.13. The second-order valence-electron chi connectivity index (χ2n) is 8.51. The third kappa shape index (κ3) is 4.17. The van der Waals surface area contributed by atoms with Gasteiger partial charge in [0.1, 0.15) is 0 Å². The molecule has 0 spiro atoms. The van der Waals surface area contributed by atoms with Crippen LogP contribution in [-0.4, -0.2) is 77.3 Å². The standard InChI is InChI=1S/C23H32N4O2/c1-3-27(19-9-11-25(2)12-10-19)23(29)18-14-22(28)26(16-18)13-8-17-15-24-21-7-5-4-6-20(17)21/h4-7,15,18-19,24H,3,8-14,16H2,1-2H3/t18-/m1/s1. The largest absolute Gasteiger partial charge is 0.361 e. The number of aromatic nitrogens is 1. The Balaban J connectivity index is 1.36. The van der Waals surface area contributed by atoms with Crippen molar-refractivity contribution >= 4 is 22.7 Å². The molecule has 156 valence electrons. The molecule has 0 unspecified atom stereocenters. The van der Waals surface area contributed by atoms with Crippen molar-refractivity contribution in [1.29, 1.82) is 0 Å². The summed E-state index contributed by atoms with van der Waals surface area (Å²) in [6.45, 7) is 6.09. The number of fused-ring (bicyclic) bond motifs is 1. The Labute approximate surface area is 172 Å². The van der Waals surface area contributed by atoms with Gasteiger partial charge in [-0.15, -0.1) is 0 Å². The highest BCUT2D eigenvalue weighted by molar-refractivity contribution is 5.89. The first kappa shape index (κ1) is 20.0. The molecule has 0 aliphatic carbocycles. The van der Waals surface area contributed by atoms with E-state index in [1.165, 1.54) is 10.9 Å². The normalized spacial score (nSPS) is 21.2. The Hall–Kier alpha value is -2.34. The van der Waals surface area contributed by atoms with Crippen LogP contribution in [0.25, 0.3) is 10.9 Å². The fourth-order valence-electron chi connectivity index (χ4n) is 4.88. The number of benzene rings is 1. The van der Waals surface area contributed by atoms with Gasteiger partial charge in [0.25, 0.3) is 0 Å². The SMILES string of the molecule is CCN(C(=O)[C@@H]1CC(=O)N(CCc2c[nH]c3ccccc23)C1)C1CCN(C)CC1. The van der Waals surface area contributed by atoms with E-state index in [1.807, 2.05) is 28.1 Å². The van der Waals surface area contributed by atoms with Crippen molar-refractivity contribution in [2.75, 3.05) is 39.8 Å². The van der Waals surface area contributed by atoms with Crippen molar-refractivity contribution in [3.8, 4) is 0 Å². The fourth-order valence-corrected chi connectivity index (χ4v) is 4.88. The summed E-state index contributed by atoms with van der Waals surface area (Å²) in [5.41, 5.74) is 2.35. The average molecular weight is 397 g/mol. The number of rotatable bonds is 6. The molecule has 1 aromatic heterocycles. The highest BCUT2D eigenvalue weighted by Crippen LogP contribution is 2.25. The lowest BCUT2D eigenvalue weighted by Crippen LogP contribution is -2.48. The quantitative estimate of drug-likeness (QED) is 0.816. The van der Waals surface area contributed by atoms with Gasteiger partial charge in [0.2, 0.25) is 11.8 Å². The van der Waals surface area contributed by atoms with Gasteiger partial charge in [0, 0.05) is 49.2 Å². The number of H-pyrrole nitrogens is 1. The lowest BCUT2D eigenvalue weighted by Gasteiger charge is -2.38. The number of carbonyl (C=O) groups is 2. The maximum Gasteiger partial charge on any atom is 0.228 e. The van der Waals surface area contributed by atoms with Gasteiger partial charge in [-0.05, 0) is 58.0 Å². The zero-order valence-electron chi connectivity index (χ0n) is 17.6. The summed E-state index contributed by atoms with van der Waals surface area (Å²) in [6, 6.07) is 8.56. The molecular weight excluding hydrogens is 364 g/mol. The number of hydrogen-bond acceptors (Lipinski definition) is 3. The van der Waals surface area contributed by atoms with E-state index in [9.17, 15) is 9.59 Å². The Morgan fingerprint density at radius 2 is 2.00 bits per heavy atom. The minimum atomic E-state index is -0.190. The molecule has 2 saturated heterocycles. The summed E-state index contributed by atoms with van der Waals surface area (Å²) >= 11 is 0. The summed E-state index contributed by atoms with van der Waals surface area (Å²) in [5, 5.41) is 1.21. The van der Waals surface area contributed by atoms with Crippen LogP contribution < -0.4 is 0 Å². The van der Waals surface area contributed by atoms with Gasteiger partial charge < -0.3 is 19.7 Å². The zero-order valence-corrected chi connectivity index (χ0v) is 17.6. The van der Waals surface area contributed by atoms with Crippen molar-refractivity contribution in [1.82, 2.24) is 19.7 Å². The number of para-hydroxylation sites is 1. The molecule has 4 rings (SSSR count). The van der Waals surface area contributed by atoms with Crippen molar-refractivity contribution in [3.05, 3.63) is 36.0 Å². The molecule has 0 bridgehead atoms. The molecule has 2 aliphatic heterocycles. The van der Waals surface area contributed by atoms with E-state index < -0.39 is 0 Å². The fraction of sp³-hybridized carbons (Fsp3) is 0.565. The summed E-state index contributed by atoms with van der Waals surface area (Å²) in [4.78, 5) is 35.3. The van der Waals surface area contributed by atoms with Gasteiger partial charge in [0.05, 0.1) is 5.92 Å². The second-order valence-corrected chi connectivity index (χ2v) is 8.51. The monoisotopic (exact) mass is 396 g/mol. The van der Waals surface area contributed by atoms with E-state index in [0.29, 0.717) is 25.6 Å². The predicted octanol–water partition coefficient (Wildman–Crippen LogP) is 2.50. The topological polar surface area (TPSA) is 59.7 Å². The highest BCUT2D eigenvalue weighted by atomic mass is 16.2. The van der Waals surface area contributed by atoms with Crippen molar-refractivity contribution in [2.45, 2.75) is 38.6 Å². The number of likely N-dealkylation sites (tertiary alicyclic amines) is 2. The minimum absolute atomic E-state index is 0.114. The Morgan fingerprint density at radius 1 is 1.24 bits per heavy atom. The van der Waals surface area contributed by atoms with Crippen LogP contribution in [0.5, 0.6) is 0 Å². The van der Waals surface area contributed by atoms with Crippen LogP contribution in [0, 0.1) is 5.92 Å². The Morgan fingerprint density at radius 3 is 2.76 bits per heavy atom. The van der Waals surface area contributed by atoms with E-state index in [0.717, 1.165) is 44.4 Å². The van der Waals surface area contributed by atoms with Crippen molar-refractivity contribution in [2.24, 2.45) is 5.92 Å². The molecular formula is C23H32N4O2. The Kier molecular flexibility index (Phi) is 5.90. The van der Waals surface area contributed by atoms with Gasteiger partial charge in [-0.2, -0.15) is 0 Å². The summed E-state index contributed by atoms with van der Waals surface area (Å²) in [5.74, 6) is 0.0951. The van der Waals surface area contributed by atoms with Gasteiger partial charge in [-0.3, -0.25) is 9.59 Å². The molecule has 2 amide bonds. The summed E-state index contributed by atoms with van der Waals surface area (Å²) in [6.07, 6.45) is 5.26. The molecule has 1 N–H and O–H groups in total. The van der Waals surface area contributed by atoms with Gasteiger partial charge in [-0.1, -0.05) is 18.2 Å². The highest BCUT2D eigenvalue weighted by Gasteiger charge is 2.38. The molecule has 6 heteroatoms. The molecule has 3 heterocycles. The number of aromatic amines is 1. The average Bonchev–Trinajstić information content (AvgIpc) is 3.31. The van der Waals surface area contributed by atoms with Crippen molar-refractivity contribution < 1.29 is 9.59 Å². The number of amides is 2. The molecule has 2 fully saturated rings. The smallest absolute Gasteiger partial charge is 0.228 e. The molecule has 29 heavy (non-hydrogen) atoms. The second kappa shape index (κ2) is 8.57. The summed E-state index contributed by atoms with van der Waals surface area (Å²) < 4.78 is 0. The maximum absolute atomic E-state index is 13.2. The van der Waals surface area contributed by atoms with Crippen molar-refractivity contribution in [3.63, 3.8) is 0 Å². The molecule has 6 nitrogen and oxygen atoms in total. The first-order valence-electron chi connectivity index (χ1n) is 10.9. The van der Waals surface area contributed by atoms with Crippen LogP contribution in [0.2, 0.25) is 0 Å². The number of carbonyl (C=O) groups excluding carboxylic acids is 2. The van der Waals surface area contributed by atoms with Crippen LogP contribution >= 0.6 is 0 Å². The molecule has 1 atom stereocenters. The third-order valence-corrected chi connectivity index (χ3v) is 6.64. The first-order chi connectivity index (χ1) is 14.1. The third-order valence-electron chi connectivity index (χ3n) is 6.64. The van der Waals surface area contributed by atoms with Gasteiger partial charge in [-0.25, -0.2) is 0 Å². The molecule has 0 saturated carbocycles. The van der Waals surface area contributed by atoms with E-state index >= 15 is 0 Å². The number of nitrogens with zero attached hydrogens (tertiary/aromatic N) is 3.